The number of aliphatic hydroxyl groups excluding tert-OH is 1. The standard InChI is InChI=1S/C12H15ClO3/c1-9(15)16-12(2,7-8-14)10-3-5-11(13)6-4-10/h3-6,14H,7-8H2,1-2H3. The van der Waals surface area contributed by atoms with E-state index in [-0.39, 0.29) is 12.6 Å². The van der Waals surface area contributed by atoms with Crippen molar-refractivity contribution in [2.75, 3.05) is 6.61 Å². The highest BCUT2D eigenvalue weighted by molar-refractivity contribution is 6.30. The van der Waals surface area contributed by atoms with E-state index in [0.29, 0.717) is 11.4 Å². The lowest BCUT2D eigenvalue weighted by Crippen LogP contribution is -2.29. The second kappa shape index (κ2) is 5.32. The molecule has 3 nitrogen and oxygen atoms in total. The van der Waals surface area contributed by atoms with Gasteiger partial charge in [-0.15, -0.1) is 0 Å². The summed E-state index contributed by atoms with van der Waals surface area (Å²) in [4.78, 5) is 11.0. The van der Waals surface area contributed by atoms with Crippen LogP contribution < -0.4 is 0 Å². The maximum atomic E-state index is 11.0. The number of ether oxygens (including phenoxy) is 1. The van der Waals surface area contributed by atoms with E-state index >= 15 is 0 Å². The molecule has 0 saturated carbocycles. The lowest BCUT2D eigenvalue weighted by molar-refractivity contribution is -0.158. The van der Waals surface area contributed by atoms with E-state index in [0.717, 1.165) is 5.56 Å². The molecule has 88 valence electrons. The van der Waals surface area contributed by atoms with E-state index in [1.807, 2.05) is 0 Å². The molecule has 0 heterocycles. The molecule has 1 rings (SSSR count). The van der Waals surface area contributed by atoms with Crippen LogP contribution in [0.1, 0.15) is 25.8 Å². The highest BCUT2D eigenvalue weighted by atomic mass is 35.5. The van der Waals surface area contributed by atoms with Crippen LogP contribution in [0.2, 0.25) is 5.02 Å². The lowest BCUT2D eigenvalue weighted by atomic mass is 9.92. The third-order valence-corrected chi connectivity index (χ3v) is 2.66. The van der Waals surface area contributed by atoms with Crippen LogP contribution in [0, 0.1) is 0 Å². The van der Waals surface area contributed by atoms with Crippen LogP contribution in [-0.2, 0) is 15.1 Å². The molecule has 0 spiro atoms. The maximum Gasteiger partial charge on any atom is 0.303 e. The number of carbonyl (C=O) groups is 1. The molecule has 1 aromatic rings. The predicted octanol–water partition coefficient (Wildman–Crippen LogP) is 2.50. The van der Waals surface area contributed by atoms with Crippen molar-refractivity contribution in [3.63, 3.8) is 0 Å². The Hall–Kier alpha value is -1.06. The number of aliphatic hydroxyl groups is 1. The Balaban J connectivity index is 3.00. The molecule has 0 aliphatic rings. The van der Waals surface area contributed by atoms with Crippen LogP contribution in [0.15, 0.2) is 24.3 Å². The molecule has 0 aliphatic carbocycles. The Morgan fingerprint density at radius 3 is 2.44 bits per heavy atom. The van der Waals surface area contributed by atoms with Crippen molar-refractivity contribution in [2.45, 2.75) is 25.9 Å². The number of halogens is 1. The molecule has 0 radical (unpaired) electrons. The molecule has 0 aromatic heterocycles. The fourth-order valence-electron chi connectivity index (χ4n) is 1.59. The van der Waals surface area contributed by atoms with Gasteiger partial charge in [0.05, 0.1) is 0 Å². The predicted molar refractivity (Wildman–Crippen MR) is 62.3 cm³/mol. The molecule has 0 aliphatic heterocycles. The third kappa shape index (κ3) is 3.22. The van der Waals surface area contributed by atoms with Crippen molar-refractivity contribution in [2.24, 2.45) is 0 Å². The molecule has 4 heteroatoms. The van der Waals surface area contributed by atoms with Crippen molar-refractivity contribution >= 4 is 17.6 Å². The fourth-order valence-corrected chi connectivity index (χ4v) is 1.71. The van der Waals surface area contributed by atoms with E-state index in [4.69, 9.17) is 21.4 Å². The number of hydrogen-bond acceptors (Lipinski definition) is 3. The minimum Gasteiger partial charge on any atom is -0.455 e. The van der Waals surface area contributed by atoms with Gasteiger partial charge in [0.25, 0.3) is 0 Å². The largest absolute Gasteiger partial charge is 0.455 e. The Morgan fingerprint density at radius 2 is 2.00 bits per heavy atom. The van der Waals surface area contributed by atoms with Crippen molar-refractivity contribution in [1.82, 2.24) is 0 Å². The Labute approximate surface area is 100.0 Å². The van der Waals surface area contributed by atoms with Crippen LogP contribution in [0.3, 0.4) is 0 Å². The maximum absolute atomic E-state index is 11.0. The van der Waals surface area contributed by atoms with E-state index in [1.54, 1.807) is 31.2 Å². The topological polar surface area (TPSA) is 46.5 Å². The molecule has 1 N–H and O–H groups in total. The van der Waals surface area contributed by atoms with Gasteiger partial charge in [0.2, 0.25) is 0 Å². The quantitative estimate of drug-likeness (QED) is 0.826. The minimum absolute atomic E-state index is 0.0492. The summed E-state index contributed by atoms with van der Waals surface area (Å²) >= 11 is 5.79. The average Bonchev–Trinajstić information content (AvgIpc) is 2.17. The van der Waals surface area contributed by atoms with Gasteiger partial charge >= 0.3 is 5.97 Å². The first-order valence-corrected chi connectivity index (χ1v) is 5.42. The Morgan fingerprint density at radius 1 is 1.44 bits per heavy atom. The van der Waals surface area contributed by atoms with E-state index < -0.39 is 5.60 Å². The summed E-state index contributed by atoms with van der Waals surface area (Å²) in [5, 5.41) is 9.64. The van der Waals surface area contributed by atoms with Gasteiger partial charge in [-0.1, -0.05) is 23.7 Å². The number of carbonyl (C=O) groups excluding carboxylic acids is 1. The summed E-state index contributed by atoms with van der Waals surface area (Å²) in [6.45, 7) is 3.08. The Bertz CT molecular complexity index is 361. The van der Waals surface area contributed by atoms with Gasteiger partial charge in [0, 0.05) is 25.0 Å². The molecule has 0 fully saturated rings. The molecule has 0 amide bonds. The molecular weight excluding hydrogens is 228 g/mol. The summed E-state index contributed by atoms with van der Waals surface area (Å²) in [5.74, 6) is -0.370. The molecule has 0 bridgehead atoms. The zero-order valence-corrected chi connectivity index (χ0v) is 10.1. The van der Waals surface area contributed by atoms with Gasteiger partial charge in [-0.2, -0.15) is 0 Å². The molecule has 0 saturated heterocycles. The highest BCUT2D eigenvalue weighted by Crippen LogP contribution is 2.29. The van der Waals surface area contributed by atoms with E-state index in [2.05, 4.69) is 0 Å². The van der Waals surface area contributed by atoms with Gasteiger partial charge in [0.1, 0.15) is 5.60 Å². The van der Waals surface area contributed by atoms with Crippen molar-refractivity contribution in [1.29, 1.82) is 0 Å². The van der Waals surface area contributed by atoms with Gasteiger partial charge in [-0.05, 0) is 24.6 Å². The number of hydrogen-bond donors (Lipinski definition) is 1. The summed E-state index contributed by atoms with van der Waals surface area (Å²) < 4.78 is 5.26. The second-order valence-corrected chi connectivity index (χ2v) is 4.24. The van der Waals surface area contributed by atoms with Crippen LogP contribution in [0.25, 0.3) is 0 Å². The van der Waals surface area contributed by atoms with Crippen LogP contribution >= 0.6 is 11.6 Å². The summed E-state index contributed by atoms with van der Waals surface area (Å²) in [6, 6.07) is 7.05. The molecule has 1 aromatic carbocycles. The monoisotopic (exact) mass is 242 g/mol. The zero-order valence-electron chi connectivity index (χ0n) is 9.37. The SMILES string of the molecule is CC(=O)OC(C)(CCO)c1ccc(Cl)cc1. The number of rotatable bonds is 4. The summed E-state index contributed by atoms with van der Waals surface area (Å²) in [6.07, 6.45) is 0.355. The first-order chi connectivity index (χ1) is 7.48. The summed E-state index contributed by atoms with van der Waals surface area (Å²) in [7, 11) is 0. The molecular formula is C12H15ClO3. The fraction of sp³-hybridized carbons (Fsp3) is 0.417. The second-order valence-electron chi connectivity index (χ2n) is 3.80. The minimum atomic E-state index is -0.800. The van der Waals surface area contributed by atoms with Gasteiger partial charge in [-0.25, -0.2) is 0 Å². The van der Waals surface area contributed by atoms with E-state index in [9.17, 15) is 4.79 Å². The van der Waals surface area contributed by atoms with Crippen LogP contribution in [0.5, 0.6) is 0 Å². The van der Waals surface area contributed by atoms with Gasteiger partial charge in [0.15, 0.2) is 0 Å². The highest BCUT2D eigenvalue weighted by Gasteiger charge is 2.29. The van der Waals surface area contributed by atoms with Crippen LogP contribution in [0.4, 0.5) is 0 Å². The first-order valence-electron chi connectivity index (χ1n) is 5.04. The molecule has 16 heavy (non-hydrogen) atoms. The van der Waals surface area contributed by atoms with Crippen LogP contribution in [-0.4, -0.2) is 17.7 Å². The van der Waals surface area contributed by atoms with E-state index in [1.165, 1.54) is 6.92 Å². The first kappa shape index (κ1) is 13.0. The van der Waals surface area contributed by atoms with Crippen molar-refractivity contribution < 1.29 is 14.6 Å². The van der Waals surface area contributed by atoms with Gasteiger partial charge in [-0.3, -0.25) is 4.79 Å². The summed E-state index contributed by atoms with van der Waals surface area (Å²) in [5.41, 5.74) is 0.0201. The van der Waals surface area contributed by atoms with Crippen molar-refractivity contribution in [3.8, 4) is 0 Å². The Kier molecular flexibility index (Phi) is 4.33. The average molecular weight is 243 g/mol. The lowest BCUT2D eigenvalue weighted by Gasteiger charge is -2.29. The smallest absolute Gasteiger partial charge is 0.303 e. The molecule has 1 unspecified atom stereocenters. The number of benzene rings is 1. The number of esters is 1. The van der Waals surface area contributed by atoms with Gasteiger partial charge < -0.3 is 9.84 Å². The van der Waals surface area contributed by atoms with Crippen molar-refractivity contribution in [3.05, 3.63) is 34.9 Å². The normalized spacial score (nSPS) is 14.2. The third-order valence-electron chi connectivity index (χ3n) is 2.41. The molecule has 1 atom stereocenters. The zero-order chi connectivity index (χ0) is 12.2.